The molecule has 17 heavy (non-hydrogen) atoms. The molecule has 0 aliphatic carbocycles. The van der Waals surface area contributed by atoms with Crippen LogP contribution in [0.15, 0.2) is 24.3 Å². The van der Waals surface area contributed by atoms with Crippen LogP contribution in [0.3, 0.4) is 0 Å². The van der Waals surface area contributed by atoms with E-state index in [1.165, 1.54) is 24.3 Å². The van der Waals surface area contributed by atoms with E-state index in [1.54, 1.807) is 0 Å². The molecule has 0 bridgehead atoms. The van der Waals surface area contributed by atoms with Gasteiger partial charge in [0.25, 0.3) is 0 Å². The molecule has 0 spiro atoms. The Hall–Kier alpha value is -1.22. The molecule has 2 atom stereocenters. The van der Waals surface area contributed by atoms with E-state index in [0.29, 0.717) is 12.2 Å². The van der Waals surface area contributed by atoms with Gasteiger partial charge in [-0.3, -0.25) is 0 Å². The summed E-state index contributed by atoms with van der Waals surface area (Å²) in [7, 11) is 0. The first kappa shape index (κ1) is 15.8. The van der Waals surface area contributed by atoms with Crippen LogP contribution in [0.25, 0.3) is 0 Å². The largest absolute Gasteiger partial charge is 0.508 e. The highest BCUT2D eigenvalue weighted by molar-refractivity contribution is 5.28. The summed E-state index contributed by atoms with van der Waals surface area (Å²) in [6.45, 7) is 8.53. The van der Waals surface area contributed by atoms with Crippen LogP contribution >= 0.6 is 0 Å². The van der Waals surface area contributed by atoms with Crippen LogP contribution in [-0.4, -0.2) is 22.4 Å². The van der Waals surface area contributed by atoms with Gasteiger partial charge in [-0.25, -0.2) is 0 Å². The van der Waals surface area contributed by atoms with E-state index in [2.05, 4.69) is 27.7 Å². The molecule has 3 heteroatoms. The van der Waals surface area contributed by atoms with E-state index in [1.807, 2.05) is 0 Å². The van der Waals surface area contributed by atoms with Gasteiger partial charge in [-0.15, -0.1) is 0 Å². The van der Waals surface area contributed by atoms with Crippen molar-refractivity contribution in [3.05, 3.63) is 24.3 Å². The van der Waals surface area contributed by atoms with Crippen LogP contribution in [0.4, 0.5) is 0 Å². The van der Waals surface area contributed by atoms with E-state index in [0.717, 1.165) is 12.8 Å². The van der Waals surface area contributed by atoms with Crippen molar-refractivity contribution in [2.24, 2.45) is 0 Å². The second kappa shape index (κ2) is 8.88. The molecule has 0 heterocycles. The second-order valence-electron chi connectivity index (χ2n) is 4.09. The number of hydrogen-bond donors (Lipinski definition) is 2. The molecule has 0 aromatic heterocycles. The molecule has 3 nitrogen and oxygen atoms in total. The predicted molar refractivity (Wildman–Crippen MR) is 70.4 cm³/mol. The van der Waals surface area contributed by atoms with Crippen molar-refractivity contribution < 1.29 is 14.9 Å². The van der Waals surface area contributed by atoms with E-state index in [9.17, 15) is 0 Å². The smallest absolute Gasteiger partial charge is 0.115 e. The fraction of sp³-hybridized carbons (Fsp3) is 0.571. The molecule has 0 saturated carbocycles. The zero-order chi connectivity index (χ0) is 13.3. The lowest BCUT2D eigenvalue weighted by Gasteiger charge is -2.15. The van der Waals surface area contributed by atoms with Crippen LogP contribution in [0.2, 0.25) is 0 Å². The molecule has 1 aromatic rings. The molecule has 0 aliphatic heterocycles. The fourth-order valence-corrected chi connectivity index (χ4v) is 1.04. The maximum atomic E-state index is 8.65. The van der Waals surface area contributed by atoms with Crippen LogP contribution in [-0.2, 0) is 4.74 Å². The molecule has 1 aromatic carbocycles. The first-order valence-corrected chi connectivity index (χ1v) is 6.13. The number of rotatable bonds is 4. The Bertz CT molecular complexity index is 253. The molecule has 0 aliphatic rings. The Kier molecular flexibility index (Phi) is 8.24. The van der Waals surface area contributed by atoms with E-state index >= 15 is 0 Å². The topological polar surface area (TPSA) is 49.7 Å². The third-order valence-corrected chi connectivity index (χ3v) is 2.46. The minimum absolute atomic E-state index is 0.169. The Morgan fingerprint density at radius 3 is 1.41 bits per heavy atom. The molecular weight excluding hydrogens is 216 g/mol. The van der Waals surface area contributed by atoms with Gasteiger partial charge >= 0.3 is 0 Å². The summed E-state index contributed by atoms with van der Waals surface area (Å²) in [5.74, 6) is 0.339. The number of phenolic OH excluding ortho intramolecular Hbond substituents is 2. The molecule has 2 unspecified atom stereocenters. The van der Waals surface area contributed by atoms with Crippen LogP contribution < -0.4 is 0 Å². The van der Waals surface area contributed by atoms with E-state index < -0.39 is 0 Å². The van der Waals surface area contributed by atoms with Crippen molar-refractivity contribution in [2.75, 3.05) is 0 Å². The SMILES string of the molecule is CCC(C)OC(C)CC.Oc1ccc(O)cc1. The molecular formula is C14H24O3. The van der Waals surface area contributed by atoms with Gasteiger partial charge in [0.2, 0.25) is 0 Å². The summed E-state index contributed by atoms with van der Waals surface area (Å²) in [5, 5.41) is 17.3. The predicted octanol–water partition coefficient (Wildman–Crippen LogP) is 3.70. The highest BCUT2D eigenvalue weighted by Crippen LogP contribution is 2.13. The van der Waals surface area contributed by atoms with E-state index in [-0.39, 0.29) is 11.5 Å². The fourth-order valence-electron chi connectivity index (χ4n) is 1.04. The second-order valence-corrected chi connectivity index (χ2v) is 4.09. The lowest BCUT2D eigenvalue weighted by Crippen LogP contribution is -2.14. The minimum Gasteiger partial charge on any atom is -0.508 e. The molecule has 0 fully saturated rings. The Labute approximate surface area is 104 Å². The van der Waals surface area contributed by atoms with E-state index in [4.69, 9.17) is 14.9 Å². The Morgan fingerprint density at radius 1 is 0.882 bits per heavy atom. The lowest BCUT2D eigenvalue weighted by atomic mass is 10.3. The average molecular weight is 240 g/mol. The van der Waals surface area contributed by atoms with Gasteiger partial charge in [-0.05, 0) is 51.0 Å². The standard InChI is InChI=1S/C8H18O.C6H6O2/c1-5-7(3)9-8(4)6-2;7-5-1-2-6(8)4-3-5/h7-8H,5-6H2,1-4H3;1-4,7-8H. The maximum absolute atomic E-state index is 8.65. The summed E-state index contributed by atoms with van der Waals surface area (Å²) in [5.41, 5.74) is 0. The quantitative estimate of drug-likeness (QED) is 0.789. The first-order chi connectivity index (χ1) is 7.99. The molecule has 2 N–H and O–H groups in total. The number of benzene rings is 1. The average Bonchev–Trinajstić information content (AvgIpc) is 2.33. The van der Waals surface area contributed by atoms with Crippen molar-refractivity contribution in [3.8, 4) is 11.5 Å². The van der Waals surface area contributed by atoms with Crippen molar-refractivity contribution in [1.82, 2.24) is 0 Å². The number of phenols is 2. The van der Waals surface area contributed by atoms with Crippen molar-refractivity contribution >= 4 is 0 Å². The van der Waals surface area contributed by atoms with Crippen molar-refractivity contribution in [1.29, 1.82) is 0 Å². The van der Waals surface area contributed by atoms with Gasteiger partial charge in [0, 0.05) is 0 Å². The Morgan fingerprint density at radius 2 is 1.18 bits per heavy atom. The van der Waals surface area contributed by atoms with Gasteiger partial charge in [0.15, 0.2) is 0 Å². The zero-order valence-corrected chi connectivity index (χ0v) is 11.2. The summed E-state index contributed by atoms with van der Waals surface area (Å²) in [6, 6.07) is 5.70. The number of aromatic hydroxyl groups is 2. The van der Waals surface area contributed by atoms with Gasteiger partial charge in [-0.2, -0.15) is 0 Å². The monoisotopic (exact) mass is 240 g/mol. The van der Waals surface area contributed by atoms with Gasteiger partial charge in [0.05, 0.1) is 12.2 Å². The van der Waals surface area contributed by atoms with Crippen molar-refractivity contribution in [2.45, 2.75) is 52.7 Å². The van der Waals surface area contributed by atoms with Gasteiger partial charge in [-0.1, -0.05) is 13.8 Å². The van der Waals surface area contributed by atoms with Crippen LogP contribution in [0.5, 0.6) is 11.5 Å². The molecule has 98 valence electrons. The van der Waals surface area contributed by atoms with Gasteiger partial charge in [0.1, 0.15) is 11.5 Å². The lowest BCUT2D eigenvalue weighted by molar-refractivity contribution is 0.00511. The molecule has 0 saturated heterocycles. The molecule has 0 radical (unpaired) electrons. The normalized spacial score (nSPS) is 13.4. The third kappa shape index (κ3) is 8.57. The minimum atomic E-state index is 0.169. The Balaban J connectivity index is 0.000000302. The van der Waals surface area contributed by atoms with Crippen LogP contribution in [0.1, 0.15) is 40.5 Å². The first-order valence-electron chi connectivity index (χ1n) is 6.13. The summed E-state index contributed by atoms with van der Waals surface area (Å²) in [4.78, 5) is 0. The summed E-state index contributed by atoms with van der Waals surface area (Å²) >= 11 is 0. The molecule has 0 amide bonds. The molecule has 1 rings (SSSR count). The zero-order valence-electron chi connectivity index (χ0n) is 11.2. The van der Waals surface area contributed by atoms with Gasteiger partial charge < -0.3 is 14.9 Å². The summed E-state index contributed by atoms with van der Waals surface area (Å²) < 4.78 is 5.55. The third-order valence-electron chi connectivity index (χ3n) is 2.46. The van der Waals surface area contributed by atoms with Crippen molar-refractivity contribution in [3.63, 3.8) is 0 Å². The maximum Gasteiger partial charge on any atom is 0.115 e. The number of hydrogen-bond acceptors (Lipinski definition) is 3. The highest BCUT2D eigenvalue weighted by Gasteiger charge is 2.02. The number of ether oxygens (including phenoxy) is 1. The highest BCUT2D eigenvalue weighted by atomic mass is 16.5. The summed E-state index contributed by atoms with van der Waals surface area (Å²) in [6.07, 6.45) is 3.09. The van der Waals surface area contributed by atoms with Crippen LogP contribution in [0, 0.1) is 0 Å².